The van der Waals surface area contributed by atoms with Gasteiger partial charge < -0.3 is 5.32 Å². The quantitative estimate of drug-likeness (QED) is 0.288. The molecule has 0 aliphatic rings. The number of aryl methyl sites for hydroxylation is 6. The van der Waals surface area contributed by atoms with Crippen molar-refractivity contribution in [2.24, 2.45) is 0 Å². The van der Waals surface area contributed by atoms with E-state index in [1.54, 1.807) is 0 Å². The normalized spacial score (nSPS) is 10.8. The first-order valence-electron chi connectivity index (χ1n) is 12.3. The molecule has 0 aromatic heterocycles. The molecule has 0 saturated heterocycles. The highest BCUT2D eigenvalue weighted by atomic mass is 16.1. The van der Waals surface area contributed by atoms with Gasteiger partial charge in [-0.15, -0.1) is 0 Å². The van der Waals surface area contributed by atoms with Gasteiger partial charge in [-0.25, -0.2) is 0 Å². The van der Waals surface area contributed by atoms with Crippen LogP contribution in [0.25, 0.3) is 11.1 Å². The van der Waals surface area contributed by atoms with Crippen LogP contribution in [0.15, 0.2) is 72.8 Å². The van der Waals surface area contributed by atoms with Crippen LogP contribution in [0.1, 0.15) is 59.7 Å². The Hall–Kier alpha value is -3.98. The second kappa shape index (κ2) is 10.3. The highest BCUT2D eigenvalue weighted by molar-refractivity contribution is 6.04. The summed E-state index contributed by atoms with van der Waals surface area (Å²) < 4.78 is 0. The lowest BCUT2D eigenvalue weighted by atomic mass is 9.93. The van der Waals surface area contributed by atoms with E-state index < -0.39 is 0 Å². The number of amides is 1. The van der Waals surface area contributed by atoms with Crippen molar-refractivity contribution < 1.29 is 9.59 Å². The molecule has 182 valence electrons. The van der Waals surface area contributed by atoms with Crippen molar-refractivity contribution in [3.63, 3.8) is 0 Å². The van der Waals surface area contributed by atoms with Crippen LogP contribution in [-0.4, -0.2) is 11.7 Å². The van der Waals surface area contributed by atoms with Gasteiger partial charge in [0.2, 0.25) is 0 Å². The van der Waals surface area contributed by atoms with Gasteiger partial charge >= 0.3 is 0 Å². The fourth-order valence-electron chi connectivity index (χ4n) is 4.47. The van der Waals surface area contributed by atoms with Gasteiger partial charge in [-0.2, -0.15) is 0 Å². The molecule has 4 rings (SSSR count). The maximum Gasteiger partial charge on any atom is 0.255 e. The molecule has 3 nitrogen and oxygen atoms in total. The molecule has 1 N–H and O–H groups in total. The molecule has 0 bridgehead atoms. The molecular formula is C33H33NO2. The van der Waals surface area contributed by atoms with E-state index in [2.05, 4.69) is 38.2 Å². The Bertz CT molecular complexity index is 1370. The number of ketones is 1. The zero-order chi connectivity index (χ0) is 26.0. The second-order valence-corrected chi connectivity index (χ2v) is 9.83. The molecule has 4 aromatic rings. The third-order valence-electron chi connectivity index (χ3n) is 7.03. The van der Waals surface area contributed by atoms with Crippen LogP contribution in [0.2, 0.25) is 0 Å². The molecule has 0 fully saturated rings. The van der Waals surface area contributed by atoms with Gasteiger partial charge in [-0.3, -0.25) is 9.59 Å². The molecule has 4 aromatic carbocycles. The number of carbonyl (C=O) groups is 2. The van der Waals surface area contributed by atoms with Crippen molar-refractivity contribution in [2.75, 3.05) is 5.32 Å². The Morgan fingerprint density at radius 1 is 0.556 bits per heavy atom. The van der Waals surface area contributed by atoms with E-state index >= 15 is 0 Å². The first-order chi connectivity index (χ1) is 17.1. The van der Waals surface area contributed by atoms with E-state index in [0.717, 1.165) is 50.2 Å². The Morgan fingerprint density at radius 3 is 1.69 bits per heavy atom. The molecule has 3 heteroatoms. The van der Waals surface area contributed by atoms with Gasteiger partial charge in [0.15, 0.2) is 5.78 Å². The van der Waals surface area contributed by atoms with E-state index in [1.807, 2.05) is 81.4 Å². The lowest BCUT2D eigenvalue weighted by Crippen LogP contribution is -2.12. The smallest absolute Gasteiger partial charge is 0.255 e. The average molecular weight is 476 g/mol. The maximum absolute atomic E-state index is 12.8. The monoisotopic (exact) mass is 475 g/mol. The van der Waals surface area contributed by atoms with Gasteiger partial charge in [0, 0.05) is 23.2 Å². The molecular weight excluding hydrogens is 442 g/mol. The topological polar surface area (TPSA) is 46.2 Å². The lowest BCUT2D eigenvalue weighted by molar-refractivity contribution is 0.0991. The minimum atomic E-state index is -0.112. The van der Waals surface area contributed by atoms with Gasteiger partial charge in [-0.1, -0.05) is 42.5 Å². The lowest BCUT2D eigenvalue weighted by Gasteiger charge is -2.14. The first-order valence-corrected chi connectivity index (χ1v) is 12.3. The van der Waals surface area contributed by atoms with Crippen molar-refractivity contribution in [1.29, 1.82) is 0 Å². The van der Waals surface area contributed by atoms with Crippen LogP contribution in [0.3, 0.4) is 0 Å². The zero-order valence-corrected chi connectivity index (χ0v) is 22.0. The summed E-state index contributed by atoms with van der Waals surface area (Å²) in [4.78, 5) is 25.5. The number of carbonyl (C=O) groups excluding carboxylic acids is 2. The third-order valence-corrected chi connectivity index (χ3v) is 7.03. The Labute approximate surface area is 214 Å². The van der Waals surface area contributed by atoms with Crippen molar-refractivity contribution in [1.82, 2.24) is 0 Å². The van der Waals surface area contributed by atoms with E-state index in [0.29, 0.717) is 12.0 Å². The summed E-state index contributed by atoms with van der Waals surface area (Å²) in [5, 5.41) is 3.02. The maximum atomic E-state index is 12.8. The summed E-state index contributed by atoms with van der Waals surface area (Å²) in [7, 11) is 0. The zero-order valence-electron chi connectivity index (χ0n) is 22.0. The molecule has 0 radical (unpaired) electrons. The summed E-state index contributed by atoms with van der Waals surface area (Å²) in [5.41, 5.74) is 12.2. The molecule has 1 amide bonds. The average Bonchev–Trinajstić information content (AvgIpc) is 2.83. The Balaban J connectivity index is 1.50. The van der Waals surface area contributed by atoms with Crippen LogP contribution in [0.5, 0.6) is 0 Å². The Kier molecular flexibility index (Phi) is 7.21. The number of hydrogen-bond donors (Lipinski definition) is 1. The van der Waals surface area contributed by atoms with Gasteiger partial charge in [0.1, 0.15) is 0 Å². The Morgan fingerprint density at radius 2 is 1.11 bits per heavy atom. The predicted molar refractivity (Wildman–Crippen MR) is 149 cm³/mol. The first kappa shape index (κ1) is 25.1. The van der Waals surface area contributed by atoms with Crippen LogP contribution < -0.4 is 5.32 Å². The number of nitrogens with one attached hydrogen (secondary N) is 1. The molecule has 0 heterocycles. The van der Waals surface area contributed by atoms with Crippen LogP contribution in [0, 0.1) is 41.5 Å². The molecule has 0 saturated carbocycles. The highest BCUT2D eigenvalue weighted by Gasteiger charge is 2.13. The summed E-state index contributed by atoms with van der Waals surface area (Å²) in [6, 6.07) is 23.9. The number of Topliss-reactive ketones (excluding diaryl/α,β-unsaturated/α-hetero) is 1. The minimum Gasteiger partial charge on any atom is -0.322 e. The largest absolute Gasteiger partial charge is 0.322 e. The second-order valence-electron chi connectivity index (χ2n) is 9.83. The van der Waals surface area contributed by atoms with Gasteiger partial charge in [-0.05, 0) is 122 Å². The van der Waals surface area contributed by atoms with E-state index in [9.17, 15) is 9.59 Å². The summed E-state index contributed by atoms with van der Waals surface area (Å²) in [5.74, 6) is 0.0181. The van der Waals surface area contributed by atoms with Gasteiger partial charge in [0.05, 0.1) is 0 Å². The standard InChI is InChI=1S/C33H33NO2/c1-20-7-10-27(16-22(20)3)32(35)19-26-9-13-30(24(5)15-26)31-14-12-29(18-25(31)6)34-33(36)28-11-8-21(2)23(4)17-28/h7-18H,19H2,1-6H3,(H,34,36). The molecule has 0 aliphatic heterocycles. The molecule has 0 atom stereocenters. The van der Waals surface area contributed by atoms with Crippen molar-refractivity contribution in [2.45, 2.75) is 48.0 Å². The van der Waals surface area contributed by atoms with Crippen LogP contribution in [-0.2, 0) is 6.42 Å². The van der Waals surface area contributed by atoms with Crippen molar-refractivity contribution >= 4 is 17.4 Å². The van der Waals surface area contributed by atoms with E-state index in [-0.39, 0.29) is 11.7 Å². The summed E-state index contributed by atoms with van der Waals surface area (Å²) in [6.45, 7) is 12.3. The van der Waals surface area contributed by atoms with Crippen molar-refractivity contribution in [3.05, 3.63) is 123 Å². The SMILES string of the molecule is Cc1ccc(C(=O)Cc2ccc(-c3ccc(NC(=O)c4ccc(C)c(C)c4)cc3C)c(C)c2)cc1C. The number of rotatable bonds is 6. The minimum absolute atomic E-state index is 0.112. The summed E-state index contributed by atoms with van der Waals surface area (Å²) >= 11 is 0. The van der Waals surface area contributed by atoms with E-state index in [1.165, 1.54) is 11.1 Å². The number of hydrogen-bond acceptors (Lipinski definition) is 2. The number of anilines is 1. The molecule has 0 aliphatic carbocycles. The van der Waals surface area contributed by atoms with Crippen LogP contribution in [0.4, 0.5) is 5.69 Å². The van der Waals surface area contributed by atoms with Gasteiger partial charge in [0.25, 0.3) is 5.91 Å². The number of benzene rings is 4. The fraction of sp³-hybridized carbons (Fsp3) is 0.212. The molecule has 0 spiro atoms. The molecule has 0 unspecified atom stereocenters. The van der Waals surface area contributed by atoms with Crippen LogP contribution >= 0.6 is 0 Å². The predicted octanol–water partition coefficient (Wildman–Crippen LogP) is 7.88. The third kappa shape index (κ3) is 5.46. The molecule has 36 heavy (non-hydrogen) atoms. The highest BCUT2D eigenvalue weighted by Crippen LogP contribution is 2.30. The fourth-order valence-corrected chi connectivity index (χ4v) is 4.47. The van der Waals surface area contributed by atoms with Crippen molar-refractivity contribution in [3.8, 4) is 11.1 Å². The van der Waals surface area contributed by atoms with E-state index in [4.69, 9.17) is 0 Å². The summed E-state index contributed by atoms with van der Waals surface area (Å²) in [6.07, 6.45) is 0.381.